The lowest BCUT2D eigenvalue weighted by atomic mass is 10.1. The summed E-state index contributed by atoms with van der Waals surface area (Å²) in [6.45, 7) is 4.06. The second kappa shape index (κ2) is 5.27. The van der Waals surface area contributed by atoms with Gasteiger partial charge in [-0.15, -0.1) is 0 Å². The van der Waals surface area contributed by atoms with Crippen LogP contribution in [0.3, 0.4) is 0 Å². The van der Waals surface area contributed by atoms with Gasteiger partial charge >= 0.3 is 0 Å². The predicted octanol–water partition coefficient (Wildman–Crippen LogP) is 2.61. The van der Waals surface area contributed by atoms with E-state index in [0.29, 0.717) is 16.7 Å². The second-order valence-corrected chi connectivity index (χ2v) is 4.67. The monoisotopic (exact) mass is 279 g/mol. The van der Waals surface area contributed by atoms with Crippen molar-refractivity contribution in [2.45, 2.75) is 19.8 Å². The molecular formula is C12H14ClN5O. The molecule has 0 spiro atoms. The molecule has 0 radical (unpaired) electrons. The third-order valence-corrected chi connectivity index (χ3v) is 2.71. The number of nitrogens with zero attached hydrogens (tertiary/aromatic N) is 3. The van der Waals surface area contributed by atoms with E-state index < -0.39 is 0 Å². The summed E-state index contributed by atoms with van der Waals surface area (Å²) < 4.78 is 5.71. The van der Waals surface area contributed by atoms with Crippen molar-refractivity contribution >= 4 is 23.4 Å². The van der Waals surface area contributed by atoms with Gasteiger partial charge in [-0.25, -0.2) is 9.97 Å². The van der Waals surface area contributed by atoms with Crippen LogP contribution in [0.25, 0.3) is 0 Å². The molecular weight excluding hydrogens is 266 g/mol. The molecule has 0 fully saturated rings. The van der Waals surface area contributed by atoms with E-state index in [1.807, 2.05) is 13.8 Å². The minimum Gasteiger partial charge on any atom is -0.451 e. The van der Waals surface area contributed by atoms with Gasteiger partial charge in [0.1, 0.15) is 10.9 Å². The summed E-state index contributed by atoms with van der Waals surface area (Å²) in [6.07, 6.45) is 3.10. The second-order valence-electron chi connectivity index (χ2n) is 4.28. The molecule has 0 saturated heterocycles. The van der Waals surface area contributed by atoms with Crippen LogP contribution in [0, 0.1) is 0 Å². The quantitative estimate of drug-likeness (QED) is 0.838. The Morgan fingerprint density at radius 3 is 2.53 bits per heavy atom. The standard InChI is InChI=1S/C12H14ClN5O/c1-6(2)7-4-16-10(13)3-8(7)19-9-5-17-12(15)18-11(9)14/h3-6H,1-2H3,(H4,14,15,17,18). The molecule has 4 N–H and O–H groups in total. The van der Waals surface area contributed by atoms with Gasteiger partial charge in [0.15, 0.2) is 11.6 Å². The molecule has 0 bridgehead atoms. The lowest BCUT2D eigenvalue weighted by Crippen LogP contribution is -2.02. The van der Waals surface area contributed by atoms with E-state index in [2.05, 4.69) is 15.0 Å². The number of anilines is 2. The molecule has 2 rings (SSSR count). The summed E-state index contributed by atoms with van der Waals surface area (Å²) in [7, 11) is 0. The number of nitrogens with two attached hydrogens (primary N) is 2. The predicted molar refractivity (Wildman–Crippen MR) is 74.3 cm³/mol. The van der Waals surface area contributed by atoms with Crippen molar-refractivity contribution in [2.24, 2.45) is 0 Å². The molecule has 100 valence electrons. The van der Waals surface area contributed by atoms with Gasteiger partial charge in [0.2, 0.25) is 5.95 Å². The van der Waals surface area contributed by atoms with E-state index in [1.165, 1.54) is 6.20 Å². The highest BCUT2D eigenvalue weighted by atomic mass is 35.5. The normalized spacial score (nSPS) is 10.7. The summed E-state index contributed by atoms with van der Waals surface area (Å²) in [5, 5.41) is 0.342. The molecule has 0 saturated carbocycles. The molecule has 0 unspecified atom stereocenters. The number of pyridine rings is 1. The van der Waals surface area contributed by atoms with E-state index in [1.54, 1.807) is 12.3 Å². The third-order valence-electron chi connectivity index (χ3n) is 2.51. The molecule has 0 amide bonds. The van der Waals surface area contributed by atoms with E-state index in [0.717, 1.165) is 5.56 Å². The Morgan fingerprint density at radius 2 is 1.89 bits per heavy atom. The fourth-order valence-corrected chi connectivity index (χ4v) is 1.69. The van der Waals surface area contributed by atoms with Crippen LogP contribution < -0.4 is 16.2 Å². The Kier molecular flexibility index (Phi) is 3.71. The molecule has 2 aromatic rings. The topological polar surface area (TPSA) is 99.9 Å². The van der Waals surface area contributed by atoms with Gasteiger partial charge in [0, 0.05) is 17.8 Å². The van der Waals surface area contributed by atoms with Gasteiger partial charge in [0.25, 0.3) is 0 Å². The van der Waals surface area contributed by atoms with Crippen molar-refractivity contribution in [3.8, 4) is 11.5 Å². The van der Waals surface area contributed by atoms with Crippen molar-refractivity contribution in [1.29, 1.82) is 0 Å². The number of rotatable bonds is 3. The molecule has 7 heteroatoms. The molecule has 19 heavy (non-hydrogen) atoms. The highest BCUT2D eigenvalue weighted by Crippen LogP contribution is 2.33. The van der Waals surface area contributed by atoms with Crippen molar-refractivity contribution in [2.75, 3.05) is 11.5 Å². The van der Waals surface area contributed by atoms with Crippen molar-refractivity contribution in [3.63, 3.8) is 0 Å². The lowest BCUT2D eigenvalue weighted by Gasteiger charge is -2.14. The van der Waals surface area contributed by atoms with Crippen LogP contribution in [0.4, 0.5) is 11.8 Å². The van der Waals surface area contributed by atoms with Gasteiger partial charge in [-0.3, -0.25) is 0 Å². The van der Waals surface area contributed by atoms with Gasteiger partial charge in [-0.2, -0.15) is 4.98 Å². The smallest absolute Gasteiger partial charge is 0.222 e. The first-order chi connectivity index (χ1) is 8.97. The van der Waals surface area contributed by atoms with Gasteiger partial charge in [-0.05, 0) is 5.92 Å². The third kappa shape index (κ3) is 3.03. The molecule has 0 atom stereocenters. The van der Waals surface area contributed by atoms with Crippen LogP contribution in [-0.4, -0.2) is 15.0 Å². The van der Waals surface area contributed by atoms with E-state index in [-0.39, 0.29) is 17.7 Å². The zero-order chi connectivity index (χ0) is 14.0. The van der Waals surface area contributed by atoms with Gasteiger partial charge < -0.3 is 16.2 Å². The fraction of sp³-hybridized carbons (Fsp3) is 0.250. The van der Waals surface area contributed by atoms with Crippen LogP contribution >= 0.6 is 11.6 Å². The van der Waals surface area contributed by atoms with Crippen LogP contribution in [0.5, 0.6) is 11.5 Å². The van der Waals surface area contributed by atoms with Gasteiger partial charge in [0.05, 0.1) is 6.20 Å². The van der Waals surface area contributed by atoms with E-state index in [4.69, 9.17) is 27.8 Å². The van der Waals surface area contributed by atoms with Crippen molar-refractivity contribution in [1.82, 2.24) is 15.0 Å². The Morgan fingerprint density at radius 1 is 1.16 bits per heavy atom. The Labute approximate surface area is 115 Å². The lowest BCUT2D eigenvalue weighted by molar-refractivity contribution is 0.470. The zero-order valence-corrected chi connectivity index (χ0v) is 11.3. The molecule has 0 aliphatic rings. The Bertz CT molecular complexity index is 603. The zero-order valence-electron chi connectivity index (χ0n) is 10.6. The molecule has 0 aliphatic carbocycles. The van der Waals surface area contributed by atoms with Crippen LogP contribution in [0.15, 0.2) is 18.5 Å². The largest absolute Gasteiger partial charge is 0.451 e. The summed E-state index contributed by atoms with van der Waals surface area (Å²) in [6, 6.07) is 1.63. The average Bonchev–Trinajstić information content (AvgIpc) is 2.32. The maximum absolute atomic E-state index is 5.88. The molecule has 0 aliphatic heterocycles. The first-order valence-electron chi connectivity index (χ1n) is 5.68. The van der Waals surface area contributed by atoms with Crippen LogP contribution in [0.2, 0.25) is 5.15 Å². The Hall–Kier alpha value is -2.08. The summed E-state index contributed by atoms with van der Waals surface area (Å²) in [5.74, 6) is 1.42. The number of nitrogen functional groups attached to an aromatic ring is 2. The van der Waals surface area contributed by atoms with Crippen molar-refractivity contribution in [3.05, 3.63) is 29.2 Å². The fourth-order valence-electron chi connectivity index (χ4n) is 1.54. The minimum atomic E-state index is 0.0988. The number of ether oxygens (including phenoxy) is 1. The van der Waals surface area contributed by atoms with Gasteiger partial charge in [-0.1, -0.05) is 25.4 Å². The van der Waals surface area contributed by atoms with Crippen LogP contribution in [-0.2, 0) is 0 Å². The molecule has 6 nitrogen and oxygen atoms in total. The number of halogens is 1. The molecule has 2 aromatic heterocycles. The highest BCUT2D eigenvalue weighted by molar-refractivity contribution is 6.29. The maximum Gasteiger partial charge on any atom is 0.222 e. The van der Waals surface area contributed by atoms with Crippen LogP contribution in [0.1, 0.15) is 25.3 Å². The summed E-state index contributed by atoms with van der Waals surface area (Å²) in [4.78, 5) is 11.7. The molecule has 0 aromatic carbocycles. The molecule has 2 heterocycles. The van der Waals surface area contributed by atoms with E-state index >= 15 is 0 Å². The summed E-state index contributed by atoms with van der Waals surface area (Å²) in [5.41, 5.74) is 12.1. The van der Waals surface area contributed by atoms with E-state index in [9.17, 15) is 0 Å². The Balaban J connectivity index is 2.39. The first kappa shape index (κ1) is 13.4. The number of hydrogen-bond donors (Lipinski definition) is 2. The SMILES string of the molecule is CC(C)c1cnc(Cl)cc1Oc1cnc(N)nc1N. The summed E-state index contributed by atoms with van der Waals surface area (Å²) >= 11 is 5.88. The highest BCUT2D eigenvalue weighted by Gasteiger charge is 2.13. The number of hydrogen-bond acceptors (Lipinski definition) is 6. The number of aromatic nitrogens is 3. The minimum absolute atomic E-state index is 0.0988. The first-order valence-corrected chi connectivity index (χ1v) is 6.06. The van der Waals surface area contributed by atoms with Crippen molar-refractivity contribution < 1.29 is 4.74 Å². The maximum atomic E-state index is 5.88. The average molecular weight is 280 g/mol.